The lowest BCUT2D eigenvalue weighted by molar-refractivity contribution is -0.122. The fraction of sp³-hybridized carbons (Fsp3) is 0.778. The number of anilines is 2. The van der Waals surface area contributed by atoms with Crippen LogP contribution in [-0.2, 0) is 14.3 Å². The van der Waals surface area contributed by atoms with Crippen molar-refractivity contribution in [1.29, 1.82) is 0 Å². The Hall–Kier alpha value is -1.78. The number of aromatic nitrogens is 2. The maximum Gasteiger partial charge on any atom is 0.242 e. The number of carbonyl (C=O) groups is 2. The smallest absolute Gasteiger partial charge is 0.242 e. The van der Waals surface area contributed by atoms with Crippen molar-refractivity contribution in [3.05, 3.63) is 0 Å². The summed E-state index contributed by atoms with van der Waals surface area (Å²) in [5.41, 5.74) is 0. The summed E-state index contributed by atoms with van der Waals surface area (Å²) < 4.78 is 5.36. The van der Waals surface area contributed by atoms with Crippen LogP contribution < -0.4 is 15.1 Å². The van der Waals surface area contributed by atoms with E-state index in [0.29, 0.717) is 24.6 Å². The molecule has 0 bridgehead atoms. The van der Waals surface area contributed by atoms with Crippen LogP contribution in [0, 0.1) is 0 Å². The van der Waals surface area contributed by atoms with Crippen LogP contribution in [0.25, 0.3) is 0 Å². The van der Waals surface area contributed by atoms with Crippen LogP contribution in [0.2, 0.25) is 0 Å². The molecule has 0 saturated carbocycles. The first-order chi connectivity index (χ1) is 13.7. The minimum atomic E-state index is -0.196. The SMILES string of the molecule is O=C(NCCCN1CCOCC1)C1CCCN1c1nnc(N2CCCC2=O)s1. The van der Waals surface area contributed by atoms with Crippen molar-refractivity contribution >= 4 is 33.4 Å². The van der Waals surface area contributed by atoms with Gasteiger partial charge in [-0.25, -0.2) is 0 Å². The molecular weight excluding hydrogens is 380 g/mol. The van der Waals surface area contributed by atoms with Crippen LogP contribution in [0.15, 0.2) is 0 Å². The number of rotatable bonds is 7. The standard InChI is InChI=1S/C18H28N6O3S/c25-15-5-2-9-24(15)18-21-20-17(28-18)23-8-1-4-14(23)16(26)19-6-3-7-22-10-12-27-13-11-22/h14H,1-13H2,(H,19,26). The van der Waals surface area contributed by atoms with E-state index in [4.69, 9.17) is 4.74 Å². The molecule has 1 atom stereocenters. The molecule has 154 valence electrons. The summed E-state index contributed by atoms with van der Waals surface area (Å²) in [6.45, 7) is 6.74. The molecule has 4 rings (SSSR count). The highest BCUT2D eigenvalue weighted by atomic mass is 32.1. The Morgan fingerprint density at radius 3 is 2.75 bits per heavy atom. The molecule has 0 aliphatic carbocycles. The molecule has 3 aliphatic rings. The second-order valence-electron chi connectivity index (χ2n) is 7.47. The van der Waals surface area contributed by atoms with Crippen LogP contribution >= 0.6 is 11.3 Å². The first-order valence-corrected chi connectivity index (χ1v) is 11.0. The van der Waals surface area contributed by atoms with Gasteiger partial charge in [0.1, 0.15) is 6.04 Å². The van der Waals surface area contributed by atoms with E-state index in [0.717, 1.165) is 70.2 Å². The maximum atomic E-state index is 12.7. The van der Waals surface area contributed by atoms with Gasteiger partial charge in [-0.2, -0.15) is 0 Å². The molecule has 3 fully saturated rings. The van der Waals surface area contributed by atoms with Gasteiger partial charge in [-0.3, -0.25) is 19.4 Å². The highest BCUT2D eigenvalue weighted by Gasteiger charge is 2.34. The third-order valence-electron chi connectivity index (χ3n) is 5.56. The topological polar surface area (TPSA) is 90.9 Å². The lowest BCUT2D eigenvalue weighted by Gasteiger charge is -2.26. The summed E-state index contributed by atoms with van der Waals surface area (Å²) in [5.74, 6) is 0.173. The van der Waals surface area contributed by atoms with Crippen molar-refractivity contribution in [2.75, 3.05) is 62.3 Å². The number of ether oxygens (including phenoxy) is 1. The Kier molecular flexibility index (Phi) is 6.38. The number of nitrogens with zero attached hydrogens (tertiary/aromatic N) is 5. The molecule has 2 amide bonds. The van der Waals surface area contributed by atoms with E-state index in [9.17, 15) is 9.59 Å². The highest BCUT2D eigenvalue weighted by Crippen LogP contribution is 2.33. The zero-order chi connectivity index (χ0) is 19.3. The normalized spacial score (nSPS) is 23.6. The van der Waals surface area contributed by atoms with Gasteiger partial charge in [-0.1, -0.05) is 11.3 Å². The molecule has 28 heavy (non-hydrogen) atoms. The summed E-state index contributed by atoms with van der Waals surface area (Å²) in [7, 11) is 0. The van der Waals surface area contributed by atoms with Gasteiger partial charge in [-0.15, -0.1) is 10.2 Å². The number of nitrogens with one attached hydrogen (secondary N) is 1. The van der Waals surface area contributed by atoms with Crippen LogP contribution in [0.5, 0.6) is 0 Å². The molecule has 1 aromatic heterocycles. The minimum Gasteiger partial charge on any atom is -0.379 e. The Bertz CT molecular complexity index is 693. The Morgan fingerprint density at radius 1 is 1.14 bits per heavy atom. The fourth-order valence-corrected chi connectivity index (χ4v) is 4.97. The van der Waals surface area contributed by atoms with E-state index >= 15 is 0 Å². The second-order valence-corrected chi connectivity index (χ2v) is 8.40. The van der Waals surface area contributed by atoms with Gasteiger partial charge in [0.25, 0.3) is 0 Å². The summed E-state index contributed by atoms with van der Waals surface area (Å²) in [5, 5.41) is 12.9. The van der Waals surface area contributed by atoms with Crippen LogP contribution in [-0.4, -0.2) is 85.4 Å². The predicted octanol–water partition coefficient (Wildman–Crippen LogP) is 0.472. The third-order valence-corrected chi connectivity index (χ3v) is 6.55. The highest BCUT2D eigenvalue weighted by molar-refractivity contribution is 7.19. The molecule has 1 N–H and O–H groups in total. The molecule has 4 heterocycles. The van der Waals surface area contributed by atoms with Gasteiger partial charge in [-0.05, 0) is 32.2 Å². The molecule has 3 saturated heterocycles. The summed E-state index contributed by atoms with van der Waals surface area (Å²) in [6.07, 6.45) is 4.18. The molecule has 10 heteroatoms. The van der Waals surface area contributed by atoms with Crippen LogP contribution in [0.4, 0.5) is 10.3 Å². The number of carbonyl (C=O) groups excluding carboxylic acids is 2. The molecule has 0 spiro atoms. The minimum absolute atomic E-state index is 0.0634. The molecule has 0 radical (unpaired) electrons. The number of hydrogen-bond donors (Lipinski definition) is 1. The van der Waals surface area contributed by atoms with Crippen molar-refractivity contribution < 1.29 is 14.3 Å². The quantitative estimate of drug-likeness (QED) is 0.656. The van der Waals surface area contributed by atoms with Crippen molar-refractivity contribution in [2.24, 2.45) is 0 Å². The van der Waals surface area contributed by atoms with Crippen molar-refractivity contribution in [3.63, 3.8) is 0 Å². The van der Waals surface area contributed by atoms with Crippen LogP contribution in [0.1, 0.15) is 32.1 Å². The van der Waals surface area contributed by atoms with Gasteiger partial charge < -0.3 is 15.0 Å². The van der Waals surface area contributed by atoms with Gasteiger partial charge in [0.2, 0.25) is 22.1 Å². The van der Waals surface area contributed by atoms with E-state index in [1.54, 1.807) is 4.90 Å². The van der Waals surface area contributed by atoms with Crippen molar-refractivity contribution in [1.82, 2.24) is 20.4 Å². The molecule has 0 aromatic carbocycles. The number of morpholine rings is 1. The molecule has 1 aromatic rings. The zero-order valence-electron chi connectivity index (χ0n) is 16.1. The lowest BCUT2D eigenvalue weighted by atomic mass is 10.2. The average molecular weight is 409 g/mol. The van der Waals surface area contributed by atoms with Crippen molar-refractivity contribution in [2.45, 2.75) is 38.1 Å². The molecular formula is C18H28N6O3S. The predicted molar refractivity (Wildman–Crippen MR) is 107 cm³/mol. The zero-order valence-corrected chi connectivity index (χ0v) is 17.0. The molecule has 1 unspecified atom stereocenters. The fourth-order valence-electron chi connectivity index (χ4n) is 4.01. The lowest BCUT2D eigenvalue weighted by Crippen LogP contribution is -2.44. The van der Waals surface area contributed by atoms with E-state index in [2.05, 4.69) is 20.4 Å². The van der Waals surface area contributed by atoms with Gasteiger partial charge >= 0.3 is 0 Å². The summed E-state index contributed by atoms with van der Waals surface area (Å²) >= 11 is 1.41. The van der Waals surface area contributed by atoms with E-state index in [1.165, 1.54) is 11.3 Å². The Labute approximate surface area is 169 Å². The largest absolute Gasteiger partial charge is 0.379 e. The van der Waals surface area contributed by atoms with Crippen LogP contribution in [0.3, 0.4) is 0 Å². The Balaban J connectivity index is 1.27. The van der Waals surface area contributed by atoms with Gasteiger partial charge in [0.15, 0.2) is 0 Å². The molecule has 9 nitrogen and oxygen atoms in total. The third kappa shape index (κ3) is 4.44. The molecule has 3 aliphatic heterocycles. The van der Waals surface area contributed by atoms with Gasteiger partial charge in [0, 0.05) is 39.1 Å². The Morgan fingerprint density at radius 2 is 1.96 bits per heavy atom. The number of amides is 2. The number of hydrogen-bond acceptors (Lipinski definition) is 8. The van der Waals surface area contributed by atoms with E-state index in [1.807, 2.05) is 4.90 Å². The summed E-state index contributed by atoms with van der Waals surface area (Å²) in [4.78, 5) is 30.7. The van der Waals surface area contributed by atoms with E-state index in [-0.39, 0.29) is 17.9 Å². The van der Waals surface area contributed by atoms with Gasteiger partial charge in [0.05, 0.1) is 13.2 Å². The first kappa shape index (κ1) is 19.5. The maximum absolute atomic E-state index is 12.7. The van der Waals surface area contributed by atoms with E-state index < -0.39 is 0 Å². The summed E-state index contributed by atoms with van der Waals surface area (Å²) in [6, 6.07) is -0.196. The first-order valence-electron chi connectivity index (χ1n) is 10.2. The monoisotopic (exact) mass is 408 g/mol. The van der Waals surface area contributed by atoms with Crippen molar-refractivity contribution in [3.8, 4) is 0 Å². The average Bonchev–Trinajstić information content (AvgIpc) is 3.45. The second kappa shape index (κ2) is 9.15.